The lowest BCUT2D eigenvalue weighted by molar-refractivity contribution is -0.144. The molecule has 0 radical (unpaired) electrons. The summed E-state index contributed by atoms with van der Waals surface area (Å²) in [5, 5.41) is 18.4. The Morgan fingerprint density at radius 1 is 0.881 bits per heavy atom. The van der Waals surface area contributed by atoms with Crippen molar-refractivity contribution >= 4 is 58.4 Å². The molecule has 1 aromatic heterocycles. The van der Waals surface area contributed by atoms with E-state index in [-0.39, 0.29) is 40.0 Å². The lowest BCUT2D eigenvalue weighted by Crippen LogP contribution is -2.64. The number of aromatic nitrogens is 1. The van der Waals surface area contributed by atoms with Crippen LogP contribution in [0.3, 0.4) is 0 Å². The van der Waals surface area contributed by atoms with Crippen LogP contribution in [0.1, 0.15) is 41.6 Å². The highest BCUT2D eigenvalue weighted by molar-refractivity contribution is 6.40. The van der Waals surface area contributed by atoms with Crippen molar-refractivity contribution in [1.82, 2.24) is 15.2 Å². The Morgan fingerprint density at radius 3 is 2.12 bits per heavy atom. The molecule has 1 unspecified atom stereocenters. The number of rotatable bonds is 8. The van der Waals surface area contributed by atoms with E-state index in [9.17, 15) is 24.3 Å². The lowest BCUT2D eigenvalue weighted by Gasteiger charge is -2.50. The first-order valence-electron chi connectivity index (χ1n) is 13.6. The van der Waals surface area contributed by atoms with E-state index >= 15 is 0 Å². The van der Waals surface area contributed by atoms with Crippen LogP contribution in [-0.4, -0.2) is 56.9 Å². The highest BCUT2D eigenvalue weighted by atomic mass is 35.5. The molecule has 12 heteroatoms. The molecule has 2 aliphatic heterocycles. The van der Waals surface area contributed by atoms with Crippen molar-refractivity contribution in [3.8, 4) is 0 Å². The summed E-state index contributed by atoms with van der Waals surface area (Å²) in [4.78, 5) is 57.1. The van der Waals surface area contributed by atoms with Gasteiger partial charge in [-0.2, -0.15) is 0 Å². The molecule has 2 atom stereocenters. The average Bonchev–Trinajstić information content (AvgIpc) is 2.98. The van der Waals surface area contributed by atoms with Gasteiger partial charge in [0.25, 0.3) is 5.91 Å². The largest absolute Gasteiger partial charge is 0.480 e. The molecular weight excluding hydrogens is 581 g/mol. The molecule has 1 aliphatic carbocycles. The van der Waals surface area contributed by atoms with Gasteiger partial charge in [0.2, 0.25) is 5.91 Å². The summed E-state index contributed by atoms with van der Waals surface area (Å²) >= 11 is 12.1. The molecule has 3 heterocycles. The SMILES string of the molecule is O=C(Nc1ccc(C[C@H](NC(=O)C2C3CCC(CC3)N2C(=O)Nc2ccccc2)C(=O)O)cc1)c1c(Cl)cncc1Cl. The Morgan fingerprint density at radius 2 is 1.50 bits per heavy atom. The van der Waals surface area contributed by atoms with E-state index in [2.05, 4.69) is 20.9 Å². The van der Waals surface area contributed by atoms with Gasteiger partial charge >= 0.3 is 12.0 Å². The number of aliphatic carboxylic acids is 1. The van der Waals surface area contributed by atoms with Gasteiger partial charge in [-0.15, -0.1) is 0 Å². The predicted octanol–water partition coefficient (Wildman–Crippen LogP) is 5.23. The van der Waals surface area contributed by atoms with Crippen LogP contribution in [-0.2, 0) is 16.0 Å². The normalized spacial score (nSPS) is 20.0. The van der Waals surface area contributed by atoms with E-state index in [4.69, 9.17) is 23.2 Å². The summed E-state index contributed by atoms with van der Waals surface area (Å²) in [5.74, 6) is -2.23. The summed E-state index contributed by atoms with van der Waals surface area (Å²) in [6.45, 7) is 0. The Hall–Kier alpha value is -4.15. The van der Waals surface area contributed by atoms with Gasteiger partial charge in [0.1, 0.15) is 12.1 Å². The van der Waals surface area contributed by atoms with E-state index in [1.165, 1.54) is 12.4 Å². The van der Waals surface area contributed by atoms with Crippen LogP contribution in [0.5, 0.6) is 0 Å². The molecule has 6 rings (SSSR count). The second kappa shape index (κ2) is 12.8. The van der Waals surface area contributed by atoms with Crippen molar-refractivity contribution in [2.45, 2.75) is 50.2 Å². The third-order valence-corrected chi connectivity index (χ3v) is 8.33. The predicted molar refractivity (Wildman–Crippen MR) is 159 cm³/mol. The number of nitrogens with zero attached hydrogens (tertiary/aromatic N) is 2. The summed E-state index contributed by atoms with van der Waals surface area (Å²) in [6.07, 6.45) is 5.87. The van der Waals surface area contributed by atoms with Crippen molar-refractivity contribution in [2.24, 2.45) is 5.92 Å². The fraction of sp³-hybridized carbons (Fsp3) is 0.300. The molecule has 218 valence electrons. The maximum atomic E-state index is 13.6. The molecule has 3 aliphatic rings. The van der Waals surface area contributed by atoms with Gasteiger partial charge in [-0.1, -0.05) is 53.5 Å². The number of benzene rings is 2. The monoisotopic (exact) mass is 609 g/mol. The number of hydrogen-bond acceptors (Lipinski definition) is 5. The number of piperidine rings is 2. The third kappa shape index (κ3) is 6.50. The van der Waals surface area contributed by atoms with E-state index in [1.807, 2.05) is 18.2 Å². The number of carboxylic acids is 1. The second-order valence-corrected chi connectivity index (χ2v) is 11.3. The molecule has 1 saturated carbocycles. The molecule has 4 N–H and O–H groups in total. The fourth-order valence-electron chi connectivity index (χ4n) is 5.73. The maximum absolute atomic E-state index is 13.6. The number of carbonyl (C=O) groups excluding carboxylic acids is 3. The zero-order valence-electron chi connectivity index (χ0n) is 22.4. The minimum Gasteiger partial charge on any atom is -0.480 e. The van der Waals surface area contributed by atoms with Crippen LogP contribution in [0.4, 0.5) is 16.2 Å². The number of halogens is 2. The zero-order chi connectivity index (χ0) is 29.8. The molecule has 2 aromatic carbocycles. The van der Waals surface area contributed by atoms with Crippen molar-refractivity contribution in [3.63, 3.8) is 0 Å². The van der Waals surface area contributed by atoms with Crippen molar-refractivity contribution in [2.75, 3.05) is 10.6 Å². The summed E-state index contributed by atoms with van der Waals surface area (Å²) in [5.41, 5.74) is 1.79. The van der Waals surface area contributed by atoms with Gasteiger partial charge in [0, 0.05) is 36.2 Å². The first kappa shape index (κ1) is 29.3. The highest BCUT2D eigenvalue weighted by Gasteiger charge is 2.48. The number of urea groups is 1. The minimum atomic E-state index is -1.22. The first-order valence-corrected chi connectivity index (χ1v) is 14.3. The third-order valence-electron chi connectivity index (χ3n) is 7.76. The molecule has 4 amide bonds. The Balaban J connectivity index is 1.25. The van der Waals surface area contributed by atoms with Crippen molar-refractivity contribution < 1.29 is 24.3 Å². The summed E-state index contributed by atoms with van der Waals surface area (Å²) in [7, 11) is 0. The number of hydrogen-bond donors (Lipinski definition) is 4. The van der Waals surface area contributed by atoms with Gasteiger partial charge in [-0.25, -0.2) is 9.59 Å². The summed E-state index contributed by atoms with van der Waals surface area (Å²) < 4.78 is 0. The smallest absolute Gasteiger partial charge is 0.326 e. The number of nitrogens with one attached hydrogen (secondary N) is 3. The molecule has 0 spiro atoms. The van der Waals surface area contributed by atoms with Gasteiger partial charge in [0.05, 0.1) is 15.6 Å². The van der Waals surface area contributed by atoms with Gasteiger partial charge in [-0.3, -0.25) is 14.6 Å². The number of pyridine rings is 1. The van der Waals surface area contributed by atoms with Gasteiger partial charge in [-0.05, 0) is 61.4 Å². The number of anilines is 2. The molecule has 42 heavy (non-hydrogen) atoms. The van der Waals surface area contributed by atoms with Gasteiger partial charge < -0.3 is 26.0 Å². The van der Waals surface area contributed by atoms with Gasteiger partial charge in [0.15, 0.2) is 0 Å². The van der Waals surface area contributed by atoms with Crippen LogP contribution in [0.25, 0.3) is 0 Å². The van der Waals surface area contributed by atoms with Crippen molar-refractivity contribution in [3.05, 3.63) is 88.2 Å². The van der Waals surface area contributed by atoms with E-state index in [0.717, 1.165) is 25.7 Å². The number of carboxylic acid groups (broad SMARTS) is 1. The minimum absolute atomic E-state index is 0.00827. The van der Waals surface area contributed by atoms with E-state index < -0.39 is 29.9 Å². The second-order valence-electron chi connectivity index (χ2n) is 10.4. The Kier molecular flexibility index (Phi) is 8.94. The van der Waals surface area contributed by atoms with Crippen molar-refractivity contribution in [1.29, 1.82) is 0 Å². The first-order chi connectivity index (χ1) is 20.2. The van der Waals surface area contributed by atoms with Crippen LogP contribution in [0.2, 0.25) is 10.0 Å². The molecule has 3 fully saturated rings. The van der Waals surface area contributed by atoms with Crippen LogP contribution in [0.15, 0.2) is 67.0 Å². The topological polar surface area (TPSA) is 141 Å². The van der Waals surface area contributed by atoms with Crippen LogP contribution >= 0.6 is 23.2 Å². The standard InChI is InChI=1S/C30H29Cl2N5O5/c31-22-15-33-16-23(32)25(22)27(38)34-20-10-6-17(7-11-20)14-24(29(40)41)36-28(39)26-18-8-12-21(13-9-18)37(26)30(42)35-19-4-2-1-3-5-19/h1-7,10-11,15-16,18,21,24,26H,8-9,12-14H2,(H,34,38)(H,35,42)(H,36,39)(H,40,41)/t18?,21?,24-,26?/m0/s1. The Bertz CT molecular complexity index is 1460. The molecule has 2 saturated heterocycles. The molecule has 10 nitrogen and oxygen atoms in total. The summed E-state index contributed by atoms with van der Waals surface area (Å²) in [6, 6.07) is 13.2. The number of fused-ring (bicyclic) bond motifs is 3. The van der Waals surface area contributed by atoms with Crippen LogP contribution < -0.4 is 16.0 Å². The number of carbonyl (C=O) groups is 4. The molecule has 3 aromatic rings. The van der Waals surface area contributed by atoms with E-state index in [1.54, 1.807) is 41.3 Å². The number of amides is 4. The zero-order valence-corrected chi connectivity index (χ0v) is 23.9. The van der Waals surface area contributed by atoms with E-state index in [0.29, 0.717) is 16.9 Å². The Labute approximate surface area is 252 Å². The molecular formula is C30H29Cl2N5O5. The van der Waals surface area contributed by atoms with Crippen LogP contribution in [0, 0.1) is 5.92 Å². The quantitative estimate of drug-likeness (QED) is 0.276. The lowest BCUT2D eigenvalue weighted by atomic mass is 9.74. The number of para-hydroxylation sites is 1. The fourth-order valence-corrected chi connectivity index (χ4v) is 6.27. The average molecular weight is 610 g/mol. The molecule has 2 bridgehead atoms. The highest BCUT2D eigenvalue weighted by Crippen LogP contribution is 2.40. The maximum Gasteiger partial charge on any atom is 0.326 e.